The predicted molar refractivity (Wildman–Crippen MR) is 196 cm³/mol. The smallest absolute Gasteiger partial charge is 0.272 e. The molecule has 0 aliphatic heterocycles. The average Bonchev–Trinajstić information content (AvgIpc) is 3.13. The molecule has 0 aliphatic rings. The van der Waals surface area contributed by atoms with E-state index in [2.05, 4.69) is 16.0 Å². The van der Waals surface area contributed by atoms with Gasteiger partial charge in [-0.05, 0) is 83.4 Å². The first-order chi connectivity index (χ1) is 23.8. The Labute approximate surface area is 289 Å². The summed E-state index contributed by atoms with van der Waals surface area (Å²) in [6.45, 7) is 1.96. The molecule has 0 spiro atoms. The zero-order chi connectivity index (χ0) is 34.8. The third kappa shape index (κ3) is 8.79. The Kier molecular flexibility index (Phi) is 11.6. The lowest BCUT2D eigenvalue weighted by Crippen LogP contribution is -2.30. The van der Waals surface area contributed by atoms with Crippen LogP contribution in [-0.4, -0.2) is 44.3 Å². The number of ether oxygens (including phenoxy) is 3. The van der Waals surface area contributed by atoms with Crippen LogP contribution < -0.4 is 30.2 Å². The molecule has 5 rings (SSSR count). The predicted octanol–water partition coefficient (Wildman–Crippen LogP) is 7.78. The quantitative estimate of drug-likeness (QED) is 0.0863. The van der Waals surface area contributed by atoms with Crippen molar-refractivity contribution < 1.29 is 28.6 Å². The van der Waals surface area contributed by atoms with E-state index in [9.17, 15) is 14.4 Å². The van der Waals surface area contributed by atoms with Gasteiger partial charge in [0.25, 0.3) is 11.8 Å². The number of benzene rings is 5. The Balaban J connectivity index is 1.36. The molecule has 3 amide bonds. The monoisotopic (exact) mass is 675 g/mol. The minimum Gasteiger partial charge on any atom is -0.493 e. The van der Waals surface area contributed by atoms with Gasteiger partial charge < -0.3 is 30.2 Å². The first-order valence-corrected chi connectivity index (χ1v) is 16.5. The second kappa shape index (κ2) is 16.4. The molecule has 10 heteroatoms. The van der Waals surface area contributed by atoms with Crippen LogP contribution >= 0.6 is 11.8 Å². The molecule has 0 saturated heterocycles. The number of fused-ring (bicyclic) bond motifs is 1. The maximum Gasteiger partial charge on any atom is 0.272 e. The summed E-state index contributed by atoms with van der Waals surface area (Å²) >= 11 is 1.40. The van der Waals surface area contributed by atoms with Crippen LogP contribution in [0.1, 0.15) is 29.3 Å². The minimum absolute atomic E-state index is 0.0117. The summed E-state index contributed by atoms with van der Waals surface area (Å²) in [5.41, 5.74) is 2.12. The molecule has 49 heavy (non-hydrogen) atoms. The van der Waals surface area contributed by atoms with E-state index >= 15 is 0 Å². The molecule has 0 aromatic heterocycles. The molecule has 1 atom stereocenters. The average molecular weight is 676 g/mol. The number of anilines is 2. The van der Waals surface area contributed by atoms with Gasteiger partial charge in [0.1, 0.15) is 5.70 Å². The summed E-state index contributed by atoms with van der Waals surface area (Å²) in [6.07, 6.45) is 2.12. The van der Waals surface area contributed by atoms with Crippen LogP contribution in [0.15, 0.2) is 120 Å². The zero-order valence-corrected chi connectivity index (χ0v) is 28.4. The molecule has 3 N–H and O–H groups in total. The number of hydrogen-bond donors (Lipinski definition) is 3. The Hall–Kier alpha value is -5.74. The van der Waals surface area contributed by atoms with Gasteiger partial charge in [-0.25, -0.2) is 0 Å². The molecule has 0 bridgehead atoms. The number of nitrogens with one attached hydrogen (secondary N) is 3. The SMILES string of the molecule is CCC(Sc1cccc(NC(=O)/C(=C\c2cc(OC)c(OC)c(OC)c2)NC(=O)c2ccccc2)c1)C(=O)Nc1ccc2ccccc2c1. The topological polar surface area (TPSA) is 115 Å². The number of carbonyl (C=O) groups excluding carboxylic acids is 3. The number of rotatable bonds is 13. The molecule has 250 valence electrons. The van der Waals surface area contributed by atoms with E-state index in [0.717, 1.165) is 21.4 Å². The van der Waals surface area contributed by atoms with Gasteiger partial charge >= 0.3 is 0 Å². The molecule has 0 fully saturated rings. The maximum absolute atomic E-state index is 13.8. The van der Waals surface area contributed by atoms with Crippen molar-refractivity contribution in [2.24, 2.45) is 0 Å². The minimum atomic E-state index is -0.554. The Morgan fingerprint density at radius 3 is 2.06 bits per heavy atom. The van der Waals surface area contributed by atoms with Crippen LogP contribution in [0.4, 0.5) is 11.4 Å². The Morgan fingerprint density at radius 2 is 1.39 bits per heavy atom. The van der Waals surface area contributed by atoms with Crippen LogP contribution in [-0.2, 0) is 9.59 Å². The second-order valence-corrected chi connectivity index (χ2v) is 12.2. The molecule has 0 radical (unpaired) electrons. The van der Waals surface area contributed by atoms with Gasteiger partial charge in [-0.3, -0.25) is 14.4 Å². The number of methoxy groups -OCH3 is 3. The van der Waals surface area contributed by atoms with E-state index in [1.807, 2.05) is 55.5 Å². The maximum atomic E-state index is 13.8. The number of amides is 3. The fourth-order valence-electron chi connectivity index (χ4n) is 5.12. The van der Waals surface area contributed by atoms with Crippen LogP contribution in [0.5, 0.6) is 17.2 Å². The largest absolute Gasteiger partial charge is 0.493 e. The number of hydrogen-bond acceptors (Lipinski definition) is 7. The van der Waals surface area contributed by atoms with Crippen molar-refractivity contribution in [1.82, 2.24) is 5.32 Å². The van der Waals surface area contributed by atoms with Crippen molar-refractivity contribution in [2.45, 2.75) is 23.5 Å². The lowest BCUT2D eigenvalue weighted by atomic mass is 10.1. The van der Waals surface area contributed by atoms with Gasteiger partial charge in [0.15, 0.2) is 11.5 Å². The molecule has 9 nitrogen and oxygen atoms in total. The van der Waals surface area contributed by atoms with Crippen molar-refractivity contribution in [3.63, 3.8) is 0 Å². The van der Waals surface area contributed by atoms with E-state index in [1.54, 1.807) is 60.7 Å². The number of carbonyl (C=O) groups is 3. The third-order valence-corrected chi connectivity index (χ3v) is 8.94. The summed E-state index contributed by atoms with van der Waals surface area (Å²) in [6, 6.07) is 33.0. The molecular weight excluding hydrogens is 639 g/mol. The molecule has 1 unspecified atom stereocenters. The van der Waals surface area contributed by atoms with Crippen molar-refractivity contribution >= 4 is 57.7 Å². The van der Waals surface area contributed by atoms with Crippen molar-refractivity contribution in [3.05, 3.63) is 126 Å². The van der Waals surface area contributed by atoms with Gasteiger partial charge in [0.05, 0.1) is 26.6 Å². The van der Waals surface area contributed by atoms with Crippen LogP contribution in [0, 0.1) is 0 Å². The zero-order valence-electron chi connectivity index (χ0n) is 27.6. The first-order valence-electron chi connectivity index (χ1n) is 15.6. The van der Waals surface area contributed by atoms with E-state index in [0.29, 0.717) is 40.5 Å². The summed E-state index contributed by atoms with van der Waals surface area (Å²) in [5, 5.41) is 10.5. The highest BCUT2D eigenvalue weighted by Gasteiger charge is 2.20. The summed E-state index contributed by atoms with van der Waals surface area (Å²) in [7, 11) is 4.49. The molecule has 5 aromatic carbocycles. The summed E-state index contributed by atoms with van der Waals surface area (Å²) in [5.74, 6) is 0.0518. The highest BCUT2D eigenvalue weighted by atomic mass is 32.2. The first kappa shape index (κ1) is 34.6. The highest BCUT2D eigenvalue weighted by Crippen LogP contribution is 2.39. The van der Waals surface area contributed by atoms with E-state index in [4.69, 9.17) is 14.2 Å². The Bertz CT molecular complexity index is 1970. The lowest BCUT2D eigenvalue weighted by molar-refractivity contribution is -0.116. The molecule has 0 heterocycles. The number of thioether (sulfide) groups is 1. The fraction of sp³-hybridized carbons (Fsp3) is 0.154. The van der Waals surface area contributed by atoms with E-state index in [1.165, 1.54) is 39.2 Å². The standard InChI is InChI=1S/C39H37N3O6S/c1-5-35(39(45)41-30-19-18-26-12-9-10-15-28(26)23-30)49-31-17-11-16-29(24-31)40-38(44)32(42-37(43)27-13-7-6-8-14-27)20-25-21-33(46-2)36(48-4)34(22-25)47-3/h6-24,35H,5H2,1-4H3,(H,40,44)(H,41,45)(H,42,43)/b32-20+. The second-order valence-electron chi connectivity index (χ2n) is 10.9. The normalized spacial score (nSPS) is 11.7. The van der Waals surface area contributed by atoms with Crippen molar-refractivity contribution in [3.8, 4) is 17.2 Å². The highest BCUT2D eigenvalue weighted by molar-refractivity contribution is 8.00. The van der Waals surface area contributed by atoms with Crippen LogP contribution in [0.2, 0.25) is 0 Å². The third-order valence-electron chi connectivity index (χ3n) is 7.58. The van der Waals surface area contributed by atoms with Gasteiger partial charge in [0, 0.05) is 21.8 Å². The molecule has 0 saturated carbocycles. The van der Waals surface area contributed by atoms with E-state index in [-0.39, 0.29) is 16.9 Å². The molecule has 5 aromatic rings. The van der Waals surface area contributed by atoms with Crippen LogP contribution in [0.25, 0.3) is 16.8 Å². The van der Waals surface area contributed by atoms with Gasteiger partial charge in [-0.2, -0.15) is 0 Å². The Morgan fingerprint density at radius 1 is 0.714 bits per heavy atom. The van der Waals surface area contributed by atoms with E-state index < -0.39 is 11.8 Å². The van der Waals surface area contributed by atoms with Gasteiger partial charge in [-0.1, -0.05) is 61.5 Å². The van der Waals surface area contributed by atoms with Crippen molar-refractivity contribution in [1.29, 1.82) is 0 Å². The molecular formula is C39H37N3O6S. The summed E-state index contributed by atoms with van der Waals surface area (Å²) in [4.78, 5) is 41.0. The summed E-state index contributed by atoms with van der Waals surface area (Å²) < 4.78 is 16.4. The molecule has 0 aliphatic carbocycles. The lowest BCUT2D eigenvalue weighted by Gasteiger charge is -2.16. The fourth-order valence-corrected chi connectivity index (χ4v) is 6.13. The van der Waals surface area contributed by atoms with Crippen LogP contribution in [0.3, 0.4) is 0 Å². The van der Waals surface area contributed by atoms with Gasteiger partial charge in [0.2, 0.25) is 11.7 Å². The van der Waals surface area contributed by atoms with Gasteiger partial charge in [-0.15, -0.1) is 11.8 Å². The van der Waals surface area contributed by atoms with Crippen molar-refractivity contribution in [2.75, 3.05) is 32.0 Å².